The zero-order valence-corrected chi connectivity index (χ0v) is 5.69. The van der Waals surface area contributed by atoms with Crippen LogP contribution in [0.1, 0.15) is 0 Å². The van der Waals surface area contributed by atoms with Crippen molar-refractivity contribution in [3.05, 3.63) is 17.2 Å². The first kappa shape index (κ1) is 6.51. The summed E-state index contributed by atoms with van der Waals surface area (Å²) < 4.78 is 2.43. The lowest BCUT2D eigenvalue weighted by Gasteiger charge is -1.94. The molecule has 0 bridgehead atoms. The van der Waals surface area contributed by atoms with Gasteiger partial charge in [-0.25, -0.2) is 0 Å². The van der Waals surface area contributed by atoms with Crippen LogP contribution in [0.25, 0.3) is 0 Å². The summed E-state index contributed by atoms with van der Waals surface area (Å²) in [4.78, 5) is 2.82. The summed E-state index contributed by atoms with van der Waals surface area (Å²) in [5.74, 6) is 0. The monoisotopic (exact) mass is 144 g/mol. The normalized spacial score (nSPS) is 9.89. The highest BCUT2D eigenvalue weighted by molar-refractivity contribution is 7.71. The zero-order chi connectivity index (χ0) is 6.69. The van der Waals surface area contributed by atoms with Crippen LogP contribution in [-0.4, -0.2) is 21.3 Å². The van der Waals surface area contributed by atoms with Crippen LogP contribution < -0.4 is 0 Å². The lowest BCUT2D eigenvalue weighted by Crippen LogP contribution is -1.99. The van der Waals surface area contributed by atoms with E-state index in [2.05, 4.69) is 4.98 Å². The number of rotatable bonds is 2. The highest BCUT2D eigenvalue weighted by Crippen LogP contribution is 1.87. The number of nitrogens with one attached hydrogen (secondary N) is 1. The quantitative estimate of drug-likeness (QED) is 0.595. The van der Waals surface area contributed by atoms with Crippen molar-refractivity contribution in [1.29, 1.82) is 0 Å². The van der Waals surface area contributed by atoms with Crippen LogP contribution in [-0.2, 0) is 6.54 Å². The fourth-order valence-electron chi connectivity index (χ4n) is 0.633. The Bertz CT molecular complexity index is 227. The molecule has 0 radical (unpaired) electrons. The van der Waals surface area contributed by atoms with E-state index >= 15 is 0 Å². The summed E-state index contributed by atoms with van der Waals surface area (Å²) in [5.41, 5.74) is 0. The minimum Gasteiger partial charge on any atom is -0.395 e. The van der Waals surface area contributed by atoms with Gasteiger partial charge in [0.25, 0.3) is 0 Å². The fraction of sp³-hybridized carbons (Fsp3) is 0.400. The molecule has 0 aliphatic heterocycles. The second-order valence-electron chi connectivity index (χ2n) is 1.68. The first-order chi connectivity index (χ1) is 4.34. The van der Waals surface area contributed by atoms with Gasteiger partial charge in [-0.2, -0.15) is 0 Å². The summed E-state index contributed by atoms with van der Waals surface area (Å²) in [7, 11) is 0. The molecule has 1 aromatic rings. The van der Waals surface area contributed by atoms with E-state index in [0.717, 1.165) is 0 Å². The van der Waals surface area contributed by atoms with Crippen LogP contribution in [0, 0.1) is 4.77 Å². The molecule has 0 atom stereocenters. The van der Waals surface area contributed by atoms with Gasteiger partial charge in [-0.15, -0.1) is 0 Å². The molecule has 2 N–H and O–H groups in total. The van der Waals surface area contributed by atoms with Gasteiger partial charge >= 0.3 is 0 Å². The van der Waals surface area contributed by atoms with E-state index in [-0.39, 0.29) is 6.61 Å². The average molecular weight is 144 g/mol. The molecule has 0 saturated carbocycles. The van der Waals surface area contributed by atoms with Crippen molar-refractivity contribution in [3.63, 3.8) is 0 Å². The lowest BCUT2D eigenvalue weighted by atomic mass is 10.7. The van der Waals surface area contributed by atoms with E-state index in [9.17, 15) is 0 Å². The second kappa shape index (κ2) is 2.80. The standard InChI is InChI=1S/C5H8N2OS/c8-4-3-7-2-1-6-5(7)9/h1-2,8H,3-4H2,(H,6,9). The van der Waals surface area contributed by atoms with E-state index < -0.39 is 0 Å². The summed E-state index contributed by atoms with van der Waals surface area (Å²) in [5, 5.41) is 8.48. The molecule has 0 unspecified atom stereocenters. The van der Waals surface area contributed by atoms with Crippen molar-refractivity contribution < 1.29 is 5.11 Å². The summed E-state index contributed by atoms with van der Waals surface area (Å²) in [6, 6.07) is 0. The third kappa shape index (κ3) is 1.40. The number of aliphatic hydroxyl groups excluding tert-OH is 1. The maximum absolute atomic E-state index is 8.48. The van der Waals surface area contributed by atoms with Crippen molar-refractivity contribution in [2.24, 2.45) is 0 Å². The molecule has 0 aromatic carbocycles. The predicted molar refractivity (Wildman–Crippen MR) is 36.7 cm³/mol. The van der Waals surface area contributed by atoms with Crippen LogP contribution >= 0.6 is 12.2 Å². The molecule has 4 heteroatoms. The minimum absolute atomic E-state index is 0.131. The topological polar surface area (TPSA) is 41.0 Å². The number of hydrogen-bond donors (Lipinski definition) is 2. The van der Waals surface area contributed by atoms with E-state index in [1.807, 2.05) is 0 Å². The number of H-pyrrole nitrogens is 1. The number of nitrogens with zero attached hydrogens (tertiary/aromatic N) is 1. The van der Waals surface area contributed by atoms with Crippen LogP contribution in [0.3, 0.4) is 0 Å². The highest BCUT2D eigenvalue weighted by Gasteiger charge is 1.87. The van der Waals surface area contributed by atoms with Gasteiger partial charge in [0.2, 0.25) is 0 Å². The zero-order valence-electron chi connectivity index (χ0n) is 4.87. The Morgan fingerprint density at radius 1 is 1.78 bits per heavy atom. The Morgan fingerprint density at radius 2 is 2.56 bits per heavy atom. The number of imidazole rings is 1. The molecule has 0 spiro atoms. The molecule has 1 aromatic heterocycles. The molecule has 0 aliphatic rings. The average Bonchev–Trinajstić information content (AvgIpc) is 2.18. The predicted octanol–water partition coefficient (Wildman–Crippen LogP) is 0.538. The molecule has 0 saturated heterocycles. The Balaban J connectivity index is 2.81. The van der Waals surface area contributed by atoms with Gasteiger partial charge in [-0.05, 0) is 12.2 Å². The first-order valence-electron chi connectivity index (χ1n) is 2.69. The molecule has 3 nitrogen and oxygen atoms in total. The number of aromatic nitrogens is 2. The van der Waals surface area contributed by atoms with Gasteiger partial charge in [-0.1, -0.05) is 0 Å². The minimum atomic E-state index is 0.131. The molecule has 50 valence electrons. The third-order valence-electron chi connectivity index (χ3n) is 1.06. The van der Waals surface area contributed by atoms with Crippen molar-refractivity contribution in [2.45, 2.75) is 6.54 Å². The van der Waals surface area contributed by atoms with Gasteiger partial charge < -0.3 is 14.7 Å². The molecular weight excluding hydrogens is 136 g/mol. The molecular formula is C5H8N2OS. The van der Waals surface area contributed by atoms with Crippen LogP contribution in [0.2, 0.25) is 0 Å². The smallest absolute Gasteiger partial charge is 0.177 e. The Labute approximate surface area is 58.0 Å². The van der Waals surface area contributed by atoms with Gasteiger partial charge in [0.05, 0.1) is 6.61 Å². The number of hydrogen-bond acceptors (Lipinski definition) is 2. The van der Waals surface area contributed by atoms with Crippen LogP contribution in [0.5, 0.6) is 0 Å². The second-order valence-corrected chi connectivity index (χ2v) is 2.07. The molecule has 9 heavy (non-hydrogen) atoms. The number of aliphatic hydroxyl groups is 1. The van der Waals surface area contributed by atoms with Crippen LogP contribution in [0.15, 0.2) is 12.4 Å². The molecule has 0 amide bonds. The Kier molecular flexibility index (Phi) is 2.02. The molecule has 1 heterocycles. The Morgan fingerprint density at radius 3 is 3.00 bits per heavy atom. The summed E-state index contributed by atoms with van der Waals surface area (Å²) in [6.45, 7) is 0.703. The highest BCUT2D eigenvalue weighted by atomic mass is 32.1. The first-order valence-corrected chi connectivity index (χ1v) is 3.10. The summed E-state index contributed by atoms with van der Waals surface area (Å²) in [6.07, 6.45) is 3.55. The van der Waals surface area contributed by atoms with E-state index in [0.29, 0.717) is 11.3 Å². The van der Waals surface area contributed by atoms with Gasteiger partial charge in [-0.3, -0.25) is 0 Å². The molecule has 1 rings (SSSR count). The van der Waals surface area contributed by atoms with E-state index in [4.69, 9.17) is 17.3 Å². The number of aromatic amines is 1. The maximum Gasteiger partial charge on any atom is 0.177 e. The van der Waals surface area contributed by atoms with E-state index in [1.54, 1.807) is 17.0 Å². The van der Waals surface area contributed by atoms with Crippen molar-refractivity contribution in [3.8, 4) is 0 Å². The van der Waals surface area contributed by atoms with Crippen molar-refractivity contribution >= 4 is 12.2 Å². The third-order valence-corrected chi connectivity index (χ3v) is 1.42. The SMILES string of the molecule is OCCn1cc[nH]c1=S. The van der Waals surface area contributed by atoms with E-state index in [1.165, 1.54) is 0 Å². The van der Waals surface area contributed by atoms with Gasteiger partial charge in [0.1, 0.15) is 0 Å². The van der Waals surface area contributed by atoms with Crippen molar-refractivity contribution in [1.82, 2.24) is 9.55 Å². The molecule has 0 fully saturated rings. The van der Waals surface area contributed by atoms with Crippen LogP contribution in [0.4, 0.5) is 0 Å². The Hall–Kier alpha value is -0.610. The van der Waals surface area contributed by atoms with Gasteiger partial charge in [0.15, 0.2) is 4.77 Å². The lowest BCUT2D eigenvalue weighted by molar-refractivity contribution is 0.275. The maximum atomic E-state index is 8.48. The fourth-order valence-corrected chi connectivity index (χ4v) is 0.853. The largest absolute Gasteiger partial charge is 0.395 e. The molecule has 0 aliphatic carbocycles. The van der Waals surface area contributed by atoms with Gasteiger partial charge in [0, 0.05) is 18.9 Å². The van der Waals surface area contributed by atoms with Crippen molar-refractivity contribution in [2.75, 3.05) is 6.61 Å². The summed E-state index contributed by atoms with van der Waals surface area (Å²) >= 11 is 4.85.